The molecule has 2 heterocycles. The van der Waals surface area contributed by atoms with Gasteiger partial charge in [0, 0.05) is 12.8 Å². The second-order valence-electron chi connectivity index (χ2n) is 4.86. The lowest BCUT2D eigenvalue weighted by molar-refractivity contribution is -0.147. The van der Waals surface area contributed by atoms with E-state index < -0.39 is 5.97 Å². The van der Waals surface area contributed by atoms with E-state index in [1.165, 1.54) is 0 Å². The van der Waals surface area contributed by atoms with E-state index >= 15 is 0 Å². The maximum Gasteiger partial charge on any atom is 0.329 e. The normalized spacial score (nSPS) is 21.8. The van der Waals surface area contributed by atoms with Gasteiger partial charge in [-0.25, -0.2) is 4.79 Å². The van der Waals surface area contributed by atoms with Crippen molar-refractivity contribution in [2.24, 2.45) is 0 Å². The van der Waals surface area contributed by atoms with E-state index in [1.54, 1.807) is 25.3 Å². The van der Waals surface area contributed by atoms with Gasteiger partial charge >= 0.3 is 5.97 Å². The number of aromatic nitrogens is 1. The summed E-state index contributed by atoms with van der Waals surface area (Å²) in [6.07, 6.45) is 1.72. The molecular formula is C14H18N2O5. The summed E-state index contributed by atoms with van der Waals surface area (Å²) >= 11 is 0. The van der Waals surface area contributed by atoms with Crippen LogP contribution in [0.4, 0.5) is 0 Å². The Hall–Kier alpha value is -1.99. The molecule has 1 aromatic rings. The van der Waals surface area contributed by atoms with Crippen LogP contribution in [-0.2, 0) is 14.3 Å². The number of hydrogen-bond donors (Lipinski definition) is 2. The highest BCUT2D eigenvalue weighted by atomic mass is 16.5. The first-order chi connectivity index (χ1) is 10.1. The first-order valence-electron chi connectivity index (χ1n) is 6.71. The van der Waals surface area contributed by atoms with Gasteiger partial charge in [-0.05, 0) is 25.0 Å². The standard InChI is InChI=1S/C14H18N2O5/c1-9-3-2-5-15-13(9)14(19)16-10-7-20-6-4-11(10)21-8-12(17)18/h2-3,5,10-11H,4,6-8H2,1H3,(H,16,19)(H,17,18)/t10-,11+/m1/s1. The number of amides is 1. The van der Waals surface area contributed by atoms with Gasteiger partial charge in [-0.15, -0.1) is 0 Å². The lowest BCUT2D eigenvalue weighted by Gasteiger charge is -2.31. The van der Waals surface area contributed by atoms with Crippen molar-refractivity contribution in [3.05, 3.63) is 29.6 Å². The van der Waals surface area contributed by atoms with Crippen LogP contribution in [0.3, 0.4) is 0 Å². The van der Waals surface area contributed by atoms with E-state index in [9.17, 15) is 9.59 Å². The molecule has 0 saturated carbocycles. The molecule has 0 spiro atoms. The van der Waals surface area contributed by atoms with E-state index in [0.29, 0.717) is 25.3 Å². The van der Waals surface area contributed by atoms with Crippen molar-refractivity contribution in [1.29, 1.82) is 0 Å². The molecule has 0 bridgehead atoms. The lowest BCUT2D eigenvalue weighted by Crippen LogP contribution is -2.51. The van der Waals surface area contributed by atoms with Crippen molar-refractivity contribution in [2.75, 3.05) is 19.8 Å². The summed E-state index contributed by atoms with van der Waals surface area (Å²) in [5.74, 6) is -1.35. The molecule has 0 aliphatic carbocycles. The van der Waals surface area contributed by atoms with Gasteiger partial charge < -0.3 is 19.9 Å². The molecule has 1 aliphatic heterocycles. The number of carboxylic acids is 1. The summed E-state index contributed by atoms with van der Waals surface area (Å²) < 4.78 is 10.6. The highest BCUT2D eigenvalue weighted by Crippen LogP contribution is 2.13. The van der Waals surface area contributed by atoms with E-state index in [4.69, 9.17) is 14.6 Å². The van der Waals surface area contributed by atoms with Gasteiger partial charge in [-0.2, -0.15) is 0 Å². The molecule has 7 nitrogen and oxygen atoms in total. The highest BCUT2D eigenvalue weighted by Gasteiger charge is 2.29. The van der Waals surface area contributed by atoms with Crippen LogP contribution in [0, 0.1) is 6.92 Å². The molecule has 1 aliphatic rings. The average Bonchev–Trinajstić information content (AvgIpc) is 2.46. The van der Waals surface area contributed by atoms with Gasteiger partial charge in [0.1, 0.15) is 12.3 Å². The summed E-state index contributed by atoms with van der Waals surface area (Å²) in [4.78, 5) is 26.9. The summed E-state index contributed by atoms with van der Waals surface area (Å²) in [6.45, 7) is 2.19. The maximum absolute atomic E-state index is 12.2. The Kier molecular flexibility index (Phi) is 5.24. The van der Waals surface area contributed by atoms with Crippen molar-refractivity contribution in [3.8, 4) is 0 Å². The zero-order chi connectivity index (χ0) is 15.2. The van der Waals surface area contributed by atoms with Crippen molar-refractivity contribution < 1.29 is 24.2 Å². The van der Waals surface area contributed by atoms with Crippen molar-refractivity contribution in [2.45, 2.75) is 25.5 Å². The van der Waals surface area contributed by atoms with Crippen molar-refractivity contribution in [1.82, 2.24) is 10.3 Å². The number of nitrogens with one attached hydrogen (secondary N) is 1. The van der Waals surface area contributed by atoms with Crippen molar-refractivity contribution >= 4 is 11.9 Å². The number of carbonyl (C=O) groups excluding carboxylic acids is 1. The third-order valence-corrected chi connectivity index (χ3v) is 3.25. The van der Waals surface area contributed by atoms with Gasteiger partial charge in [0.15, 0.2) is 0 Å². The number of nitrogens with zero attached hydrogens (tertiary/aromatic N) is 1. The number of carbonyl (C=O) groups is 2. The second kappa shape index (κ2) is 7.14. The monoisotopic (exact) mass is 294 g/mol. The van der Waals surface area contributed by atoms with Gasteiger partial charge in [-0.3, -0.25) is 9.78 Å². The highest BCUT2D eigenvalue weighted by molar-refractivity contribution is 5.93. The van der Waals surface area contributed by atoms with Crippen LogP contribution < -0.4 is 5.32 Å². The van der Waals surface area contributed by atoms with Crippen LogP contribution in [-0.4, -0.2) is 53.9 Å². The minimum atomic E-state index is -1.04. The number of pyridine rings is 1. The van der Waals surface area contributed by atoms with Crippen LogP contribution >= 0.6 is 0 Å². The van der Waals surface area contributed by atoms with Crippen LogP contribution in [0.15, 0.2) is 18.3 Å². The fourth-order valence-electron chi connectivity index (χ4n) is 2.19. The molecule has 21 heavy (non-hydrogen) atoms. The number of hydrogen-bond acceptors (Lipinski definition) is 5. The Labute approximate surface area is 122 Å². The number of aryl methyl sites for hydroxylation is 1. The summed E-state index contributed by atoms with van der Waals surface area (Å²) in [5, 5.41) is 11.5. The summed E-state index contributed by atoms with van der Waals surface area (Å²) in [5.41, 5.74) is 1.12. The molecule has 2 rings (SSSR count). The molecule has 1 amide bonds. The molecular weight excluding hydrogens is 276 g/mol. The second-order valence-corrected chi connectivity index (χ2v) is 4.86. The van der Waals surface area contributed by atoms with Crippen molar-refractivity contribution in [3.63, 3.8) is 0 Å². The molecule has 0 unspecified atom stereocenters. The third-order valence-electron chi connectivity index (χ3n) is 3.25. The molecule has 2 N–H and O–H groups in total. The Balaban J connectivity index is 2.00. The Bertz CT molecular complexity index is 520. The lowest BCUT2D eigenvalue weighted by atomic mass is 10.1. The Morgan fingerprint density at radius 1 is 1.57 bits per heavy atom. The van der Waals surface area contributed by atoms with Crippen LogP contribution in [0.2, 0.25) is 0 Å². The molecule has 0 radical (unpaired) electrons. The molecule has 1 fully saturated rings. The fraction of sp³-hybridized carbons (Fsp3) is 0.500. The first-order valence-corrected chi connectivity index (χ1v) is 6.71. The molecule has 114 valence electrons. The molecule has 7 heteroatoms. The fourth-order valence-corrected chi connectivity index (χ4v) is 2.19. The summed E-state index contributed by atoms with van der Waals surface area (Å²) in [7, 11) is 0. The number of carboxylic acid groups (broad SMARTS) is 1. The largest absolute Gasteiger partial charge is 0.480 e. The van der Waals surface area contributed by atoms with E-state index in [1.807, 2.05) is 0 Å². The zero-order valence-electron chi connectivity index (χ0n) is 11.7. The van der Waals surface area contributed by atoms with Crippen LogP contribution in [0.25, 0.3) is 0 Å². The van der Waals surface area contributed by atoms with E-state index in [2.05, 4.69) is 10.3 Å². The minimum absolute atomic E-state index is 0.294. The maximum atomic E-state index is 12.2. The van der Waals surface area contributed by atoms with E-state index in [-0.39, 0.29) is 24.7 Å². The average molecular weight is 294 g/mol. The van der Waals surface area contributed by atoms with Crippen LogP contribution in [0.5, 0.6) is 0 Å². The first kappa shape index (κ1) is 15.4. The Morgan fingerprint density at radius 3 is 3.10 bits per heavy atom. The van der Waals surface area contributed by atoms with Gasteiger partial charge in [0.05, 0.1) is 18.8 Å². The predicted octanol–water partition coefficient (Wildman–Crippen LogP) is 0.379. The van der Waals surface area contributed by atoms with E-state index in [0.717, 1.165) is 5.56 Å². The topological polar surface area (TPSA) is 97.8 Å². The Morgan fingerprint density at radius 2 is 2.38 bits per heavy atom. The minimum Gasteiger partial charge on any atom is -0.480 e. The van der Waals surface area contributed by atoms with Gasteiger partial charge in [-0.1, -0.05) is 6.07 Å². The predicted molar refractivity (Wildman–Crippen MR) is 73.0 cm³/mol. The number of ether oxygens (including phenoxy) is 2. The molecule has 1 aromatic heterocycles. The molecule has 0 aromatic carbocycles. The zero-order valence-corrected chi connectivity index (χ0v) is 11.7. The molecule has 1 saturated heterocycles. The smallest absolute Gasteiger partial charge is 0.329 e. The quantitative estimate of drug-likeness (QED) is 0.814. The third kappa shape index (κ3) is 4.24. The number of aliphatic carboxylic acids is 1. The SMILES string of the molecule is Cc1cccnc1C(=O)N[C@@H]1COCC[C@@H]1OCC(=O)O. The van der Waals surface area contributed by atoms with Gasteiger partial charge in [0.25, 0.3) is 5.91 Å². The van der Waals surface area contributed by atoms with Crippen LogP contribution in [0.1, 0.15) is 22.5 Å². The number of rotatable bonds is 5. The summed E-state index contributed by atoms with van der Waals surface area (Å²) in [6, 6.07) is 3.18. The van der Waals surface area contributed by atoms with Gasteiger partial charge in [0.2, 0.25) is 0 Å². The molecule has 2 atom stereocenters.